The van der Waals surface area contributed by atoms with Crippen molar-refractivity contribution in [2.75, 3.05) is 0 Å². The summed E-state index contributed by atoms with van der Waals surface area (Å²) in [6.45, 7) is -4.91. The molecule has 0 spiro atoms. The molecular formula is C3H7Br. The summed E-state index contributed by atoms with van der Waals surface area (Å²) >= 11 is 2.59. The minimum Gasteiger partial charge on any atom is -0.0897 e. The molecule has 0 aromatic heterocycles. The highest BCUT2D eigenvalue weighted by Gasteiger charge is 1.71. The van der Waals surface area contributed by atoms with Crippen LogP contribution >= 0.6 is 15.9 Å². The van der Waals surface area contributed by atoms with Crippen molar-refractivity contribution in [3.05, 3.63) is 0 Å². The van der Waals surface area contributed by atoms with Crippen molar-refractivity contribution in [1.29, 1.82) is 0 Å². The van der Waals surface area contributed by atoms with Crippen LogP contribution in [0.3, 0.4) is 0 Å². The molecule has 0 heterocycles. The average Bonchev–Trinajstić information content (AvgIpc) is 1.59. The molecule has 0 atom stereocenters. The summed E-state index contributed by atoms with van der Waals surface area (Å²) in [6, 6.07) is 0. The van der Waals surface area contributed by atoms with Crippen LogP contribution in [0, 0.1) is 0 Å². The number of alkyl halides is 1. The van der Waals surface area contributed by atoms with Crippen molar-refractivity contribution in [2.45, 2.75) is 18.5 Å². The highest BCUT2D eigenvalue weighted by Crippen LogP contribution is 1.89. The number of halogens is 1. The molecule has 0 saturated carbocycles. The minimum absolute atomic E-state index is 1.42. The third-order valence-corrected chi connectivity index (χ3v) is 0. The average molecular weight is 129 g/mol. The van der Waals surface area contributed by atoms with Crippen LogP contribution in [0.2, 0.25) is 0 Å². The SMILES string of the molecule is [2H]C([2H])([2H])C(Br)C([2H])([2H])[2H]. The third kappa shape index (κ3) is 23.6. The smallest absolute Gasteiger partial charge is 0.0242 e. The molecule has 0 rings (SSSR count). The zero-order chi connectivity index (χ0) is 8.58. The molecule has 0 aliphatic carbocycles. The molecule has 0 fully saturated rings. The van der Waals surface area contributed by atoms with E-state index in [9.17, 15) is 0 Å². The fourth-order valence-electron chi connectivity index (χ4n) is 0. The first-order valence-corrected chi connectivity index (χ1v) is 1.71. The zero-order valence-electron chi connectivity index (χ0n) is 7.96. The van der Waals surface area contributed by atoms with Crippen LogP contribution in [0.1, 0.15) is 21.9 Å². The summed E-state index contributed by atoms with van der Waals surface area (Å²) in [5.74, 6) is 0. The lowest BCUT2D eigenvalue weighted by atomic mass is 10.6. The van der Waals surface area contributed by atoms with Crippen molar-refractivity contribution in [1.82, 2.24) is 0 Å². The summed E-state index contributed by atoms with van der Waals surface area (Å²) in [4.78, 5) is -1.42. The van der Waals surface area contributed by atoms with Gasteiger partial charge in [0, 0.05) is 13.1 Å². The quantitative estimate of drug-likeness (QED) is 0.437. The lowest BCUT2D eigenvalue weighted by Gasteiger charge is -1.76. The van der Waals surface area contributed by atoms with Crippen molar-refractivity contribution in [3.63, 3.8) is 0 Å². The molecule has 0 aliphatic heterocycles. The third-order valence-electron chi connectivity index (χ3n) is 0. The van der Waals surface area contributed by atoms with E-state index >= 15 is 0 Å². The van der Waals surface area contributed by atoms with E-state index in [4.69, 9.17) is 8.22 Å². The molecule has 0 aromatic carbocycles. The van der Waals surface area contributed by atoms with Crippen LogP contribution in [-0.4, -0.2) is 4.83 Å². The Labute approximate surface area is 43.8 Å². The second-order valence-corrected chi connectivity index (χ2v) is 1.28. The Bertz CT molecular complexity index is 97.1. The maximum Gasteiger partial charge on any atom is 0.0242 e. The zero-order valence-corrected chi connectivity index (χ0v) is 3.54. The Hall–Kier alpha value is 0.480. The van der Waals surface area contributed by atoms with Gasteiger partial charge in [-0.05, 0) is 0 Å². The van der Waals surface area contributed by atoms with Crippen LogP contribution in [0.15, 0.2) is 0 Å². The van der Waals surface area contributed by atoms with Crippen molar-refractivity contribution >= 4 is 15.9 Å². The standard InChI is InChI=1S/C3H7Br/c1-3(2)4/h3H,1-2H3/i1D3,2D3. The monoisotopic (exact) mass is 128 g/mol. The van der Waals surface area contributed by atoms with Gasteiger partial charge in [-0.15, -0.1) is 0 Å². The molecule has 0 nitrogen and oxygen atoms in total. The Morgan fingerprint density at radius 2 is 2.50 bits per heavy atom. The lowest BCUT2D eigenvalue weighted by molar-refractivity contribution is 1.14. The maximum atomic E-state index is 6.72. The summed E-state index contributed by atoms with van der Waals surface area (Å²) in [7, 11) is 0. The topological polar surface area (TPSA) is 0 Å². The van der Waals surface area contributed by atoms with E-state index in [-0.39, 0.29) is 0 Å². The van der Waals surface area contributed by atoms with Crippen LogP contribution in [0.4, 0.5) is 0 Å². The van der Waals surface area contributed by atoms with Crippen LogP contribution in [-0.2, 0) is 0 Å². The van der Waals surface area contributed by atoms with E-state index in [0.717, 1.165) is 0 Å². The first-order chi connectivity index (χ1) is 4.15. The molecule has 0 aromatic rings. The van der Waals surface area contributed by atoms with E-state index in [2.05, 4.69) is 15.9 Å². The molecule has 0 amide bonds. The van der Waals surface area contributed by atoms with E-state index in [0.29, 0.717) is 0 Å². The van der Waals surface area contributed by atoms with Gasteiger partial charge in [-0.25, -0.2) is 0 Å². The van der Waals surface area contributed by atoms with Gasteiger partial charge in [0.15, 0.2) is 0 Å². The minimum atomic E-state index is -2.45. The van der Waals surface area contributed by atoms with Crippen LogP contribution in [0.5, 0.6) is 0 Å². The van der Waals surface area contributed by atoms with Crippen molar-refractivity contribution in [3.8, 4) is 0 Å². The van der Waals surface area contributed by atoms with Gasteiger partial charge in [0.05, 0.1) is 0 Å². The van der Waals surface area contributed by atoms with Crippen LogP contribution in [0.25, 0.3) is 0 Å². The summed E-state index contributed by atoms with van der Waals surface area (Å²) in [5.41, 5.74) is 0. The van der Waals surface area contributed by atoms with Gasteiger partial charge < -0.3 is 0 Å². The Balaban J connectivity index is 4.23. The van der Waals surface area contributed by atoms with E-state index < -0.39 is 18.5 Å². The Kier molecular flexibility index (Phi) is 0.267. The molecule has 0 aliphatic rings. The van der Waals surface area contributed by atoms with Crippen molar-refractivity contribution in [2.24, 2.45) is 0 Å². The predicted molar refractivity (Wildman–Crippen MR) is 24.1 cm³/mol. The van der Waals surface area contributed by atoms with E-state index in [1.54, 1.807) is 0 Å². The lowest BCUT2D eigenvalue weighted by Crippen LogP contribution is -1.69. The number of hydrogen-bond acceptors (Lipinski definition) is 0. The second-order valence-electron chi connectivity index (χ2n) is 0.363. The fraction of sp³-hybridized carbons (Fsp3) is 1.00. The molecule has 0 unspecified atom stereocenters. The fourth-order valence-corrected chi connectivity index (χ4v) is 0. The van der Waals surface area contributed by atoms with Gasteiger partial charge in [0.25, 0.3) is 0 Å². The Morgan fingerprint density at radius 3 is 2.50 bits per heavy atom. The Morgan fingerprint density at radius 1 is 2.00 bits per heavy atom. The van der Waals surface area contributed by atoms with Gasteiger partial charge in [-0.3, -0.25) is 0 Å². The number of rotatable bonds is 0. The first-order valence-electron chi connectivity index (χ1n) is 3.80. The molecule has 0 saturated heterocycles. The van der Waals surface area contributed by atoms with Crippen LogP contribution < -0.4 is 0 Å². The molecule has 1 heteroatoms. The van der Waals surface area contributed by atoms with Gasteiger partial charge in [0.1, 0.15) is 0 Å². The summed E-state index contributed by atoms with van der Waals surface area (Å²) in [6.07, 6.45) is 0. The predicted octanol–water partition coefficient (Wildman–Crippen LogP) is 1.79. The molecule has 4 heavy (non-hydrogen) atoms. The number of hydrogen-bond donors (Lipinski definition) is 0. The molecule has 0 N–H and O–H groups in total. The van der Waals surface area contributed by atoms with Gasteiger partial charge in [-0.2, -0.15) is 0 Å². The largest absolute Gasteiger partial charge is 0.0897 e. The maximum absolute atomic E-state index is 6.72. The highest BCUT2D eigenvalue weighted by atomic mass is 79.9. The summed E-state index contributed by atoms with van der Waals surface area (Å²) < 4.78 is 40.3. The molecule has 0 radical (unpaired) electrons. The highest BCUT2D eigenvalue weighted by molar-refractivity contribution is 9.09. The second kappa shape index (κ2) is 1.77. The van der Waals surface area contributed by atoms with Gasteiger partial charge >= 0.3 is 0 Å². The molecule has 0 bridgehead atoms. The summed E-state index contributed by atoms with van der Waals surface area (Å²) in [5, 5.41) is 0. The van der Waals surface area contributed by atoms with Gasteiger partial charge in [0.2, 0.25) is 0 Å². The van der Waals surface area contributed by atoms with E-state index in [1.165, 1.54) is 0 Å². The normalized spacial score (nSPS) is 37.5. The molecule has 26 valence electrons. The first kappa shape index (κ1) is 0.604. The van der Waals surface area contributed by atoms with Gasteiger partial charge in [-0.1, -0.05) is 29.6 Å². The van der Waals surface area contributed by atoms with E-state index in [1.807, 2.05) is 0 Å². The molecular weight excluding hydrogens is 116 g/mol. The van der Waals surface area contributed by atoms with Crippen molar-refractivity contribution < 1.29 is 8.22 Å².